The molecule has 0 aliphatic carbocycles. The van der Waals surface area contributed by atoms with Crippen molar-refractivity contribution < 1.29 is 22.7 Å². The van der Waals surface area contributed by atoms with Crippen LogP contribution in [0.1, 0.15) is 10.5 Å². The number of amides is 1. The van der Waals surface area contributed by atoms with Gasteiger partial charge in [0.2, 0.25) is 0 Å². The molecule has 1 aliphatic heterocycles. The van der Waals surface area contributed by atoms with E-state index in [0.717, 1.165) is 0 Å². The smallest absolute Gasteiger partial charge is 0.365 e. The first-order valence-corrected chi connectivity index (χ1v) is 6.62. The second-order valence-electron chi connectivity index (χ2n) is 5.00. The summed E-state index contributed by atoms with van der Waals surface area (Å²) in [6.45, 7) is -1.04. The zero-order valence-electron chi connectivity index (χ0n) is 11.4. The van der Waals surface area contributed by atoms with E-state index < -0.39 is 18.9 Å². The Balaban J connectivity index is 1.60. The fourth-order valence-electron chi connectivity index (χ4n) is 2.14. The molecule has 22 heavy (non-hydrogen) atoms. The molecule has 0 unspecified atom stereocenters. The standard InChI is InChI=1S/C14H12F3N3O2/c15-14(16,17)8-22-9-6-20(7-9)13(21)12-5-18-10-3-1-2-4-11(10)19-12/h1-5,9H,6-8H2. The summed E-state index contributed by atoms with van der Waals surface area (Å²) in [4.78, 5) is 21.9. The average Bonchev–Trinajstić information content (AvgIpc) is 2.43. The minimum absolute atomic E-state index is 0.128. The van der Waals surface area contributed by atoms with Gasteiger partial charge in [-0.15, -0.1) is 0 Å². The first-order chi connectivity index (χ1) is 10.4. The van der Waals surface area contributed by atoms with Gasteiger partial charge in [0, 0.05) is 13.1 Å². The number of ether oxygens (including phenoxy) is 1. The molecule has 1 aromatic carbocycles. The van der Waals surface area contributed by atoms with Crippen molar-refractivity contribution in [1.29, 1.82) is 0 Å². The van der Waals surface area contributed by atoms with Gasteiger partial charge in [0.15, 0.2) is 0 Å². The van der Waals surface area contributed by atoms with Crippen LogP contribution in [0.4, 0.5) is 13.2 Å². The van der Waals surface area contributed by atoms with Crippen molar-refractivity contribution in [2.75, 3.05) is 19.7 Å². The molecule has 5 nitrogen and oxygen atoms in total. The highest BCUT2D eigenvalue weighted by Crippen LogP contribution is 2.20. The molecular formula is C14H12F3N3O2. The number of carbonyl (C=O) groups is 1. The minimum Gasteiger partial charge on any atom is -0.365 e. The number of aromatic nitrogens is 2. The van der Waals surface area contributed by atoms with Crippen LogP contribution in [-0.4, -0.2) is 52.8 Å². The SMILES string of the molecule is O=C(c1cnc2ccccc2n1)N1CC(OCC(F)(F)F)C1. The molecule has 8 heteroatoms. The van der Waals surface area contributed by atoms with E-state index in [-0.39, 0.29) is 24.7 Å². The number of rotatable bonds is 3. The van der Waals surface area contributed by atoms with E-state index in [1.54, 1.807) is 18.2 Å². The van der Waals surface area contributed by atoms with Gasteiger partial charge >= 0.3 is 6.18 Å². The summed E-state index contributed by atoms with van der Waals surface area (Å²) in [6.07, 6.45) is -3.57. The van der Waals surface area contributed by atoms with E-state index in [1.807, 2.05) is 6.07 Å². The summed E-state index contributed by atoms with van der Waals surface area (Å²) in [6, 6.07) is 7.12. The summed E-state index contributed by atoms with van der Waals surface area (Å²) in [5.41, 5.74) is 1.45. The minimum atomic E-state index is -4.35. The summed E-state index contributed by atoms with van der Waals surface area (Å²) >= 11 is 0. The van der Waals surface area contributed by atoms with Gasteiger partial charge in [-0.1, -0.05) is 12.1 Å². The number of likely N-dealkylation sites (tertiary alicyclic amines) is 1. The first kappa shape index (κ1) is 14.7. The van der Waals surface area contributed by atoms with Crippen molar-refractivity contribution in [3.8, 4) is 0 Å². The number of nitrogens with zero attached hydrogens (tertiary/aromatic N) is 3. The number of halogens is 3. The molecule has 1 amide bonds. The van der Waals surface area contributed by atoms with Crippen LogP contribution in [0.3, 0.4) is 0 Å². The van der Waals surface area contributed by atoms with E-state index >= 15 is 0 Å². The number of benzene rings is 1. The maximum Gasteiger partial charge on any atom is 0.411 e. The number of fused-ring (bicyclic) bond motifs is 1. The average molecular weight is 311 g/mol. The molecule has 116 valence electrons. The molecule has 0 N–H and O–H groups in total. The third-order valence-electron chi connectivity index (χ3n) is 3.29. The van der Waals surface area contributed by atoms with Crippen molar-refractivity contribution in [3.05, 3.63) is 36.2 Å². The molecule has 1 aromatic heterocycles. The first-order valence-electron chi connectivity index (χ1n) is 6.62. The topological polar surface area (TPSA) is 55.3 Å². The van der Waals surface area contributed by atoms with Gasteiger partial charge in [-0.3, -0.25) is 9.78 Å². The van der Waals surface area contributed by atoms with Crippen molar-refractivity contribution >= 4 is 16.9 Å². The Morgan fingerprint density at radius 1 is 1.27 bits per heavy atom. The van der Waals surface area contributed by atoms with Crippen LogP contribution in [0.25, 0.3) is 11.0 Å². The van der Waals surface area contributed by atoms with E-state index in [1.165, 1.54) is 11.1 Å². The summed E-state index contributed by atoms with van der Waals surface area (Å²) < 4.78 is 40.7. The van der Waals surface area contributed by atoms with Gasteiger partial charge in [0.05, 0.1) is 23.3 Å². The molecule has 3 rings (SSSR count). The third kappa shape index (κ3) is 3.16. The Kier molecular flexibility index (Phi) is 3.69. The Hall–Kier alpha value is -2.22. The Morgan fingerprint density at radius 2 is 1.95 bits per heavy atom. The summed E-state index contributed by atoms with van der Waals surface area (Å²) in [7, 11) is 0. The predicted octanol–water partition coefficient (Wildman–Crippen LogP) is 2.03. The fraction of sp³-hybridized carbons (Fsp3) is 0.357. The highest BCUT2D eigenvalue weighted by molar-refractivity contribution is 5.94. The van der Waals surface area contributed by atoms with Crippen LogP contribution in [0.5, 0.6) is 0 Å². The molecular weight excluding hydrogens is 299 g/mol. The number of hydrogen-bond donors (Lipinski definition) is 0. The van der Waals surface area contributed by atoms with Crippen molar-refractivity contribution in [2.45, 2.75) is 12.3 Å². The Bertz CT molecular complexity index is 699. The molecule has 0 bridgehead atoms. The van der Waals surface area contributed by atoms with Crippen LogP contribution < -0.4 is 0 Å². The second-order valence-corrected chi connectivity index (χ2v) is 5.00. The highest BCUT2D eigenvalue weighted by atomic mass is 19.4. The lowest BCUT2D eigenvalue weighted by atomic mass is 10.1. The molecule has 0 radical (unpaired) electrons. The van der Waals surface area contributed by atoms with Crippen molar-refractivity contribution in [1.82, 2.24) is 14.9 Å². The van der Waals surface area contributed by atoms with E-state index in [4.69, 9.17) is 0 Å². The van der Waals surface area contributed by atoms with E-state index in [9.17, 15) is 18.0 Å². The van der Waals surface area contributed by atoms with Crippen LogP contribution >= 0.6 is 0 Å². The van der Waals surface area contributed by atoms with Crippen LogP contribution in [0, 0.1) is 0 Å². The quantitative estimate of drug-likeness (QED) is 0.870. The fourth-order valence-corrected chi connectivity index (χ4v) is 2.14. The lowest BCUT2D eigenvalue weighted by molar-refractivity contribution is -0.196. The van der Waals surface area contributed by atoms with Crippen LogP contribution in [0.15, 0.2) is 30.5 Å². The number of carbonyl (C=O) groups excluding carboxylic acids is 1. The molecule has 0 spiro atoms. The normalized spacial score (nSPS) is 15.9. The van der Waals surface area contributed by atoms with Gasteiger partial charge in [-0.05, 0) is 12.1 Å². The maximum absolute atomic E-state index is 12.2. The van der Waals surface area contributed by atoms with Gasteiger partial charge in [0.25, 0.3) is 5.91 Å². The van der Waals surface area contributed by atoms with E-state index in [0.29, 0.717) is 11.0 Å². The largest absolute Gasteiger partial charge is 0.411 e. The Morgan fingerprint density at radius 3 is 2.64 bits per heavy atom. The Labute approximate surface area is 123 Å². The summed E-state index contributed by atoms with van der Waals surface area (Å²) in [5, 5.41) is 0. The van der Waals surface area contributed by atoms with Crippen LogP contribution in [0.2, 0.25) is 0 Å². The van der Waals surface area contributed by atoms with E-state index in [2.05, 4.69) is 14.7 Å². The zero-order chi connectivity index (χ0) is 15.7. The van der Waals surface area contributed by atoms with Gasteiger partial charge < -0.3 is 9.64 Å². The van der Waals surface area contributed by atoms with Crippen LogP contribution in [-0.2, 0) is 4.74 Å². The maximum atomic E-state index is 12.2. The number of hydrogen-bond acceptors (Lipinski definition) is 4. The number of alkyl halides is 3. The van der Waals surface area contributed by atoms with Gasteiger partial charge in [-0.2, -0.15) is 13.2 Å². The lowest BCUT2D eigenvalue weighted by Gasteiger charge is -2.38. The zero-order valence-corrected chi connectivity index (χ0v) is 11.4. The van der Waals surface area contributed by atoms with Crippen molar-refractivity contribution in [3.63, 3.8) is 0 Å². The molecule has 0 saturated carbocycles. The van der Waals surface area contributed by atoms with Gasteiger partial charge in [0.1, 0.15) is 12.3 Å². The molecule has 2 aromatic rings. The molecule has 2 heterocycles. The highest BCUT2D eigenvalue weighted by Gasteiger charge is 2.36. The van der Waals surface area contributed by atoms with Crippen molar-refractivity contribution in [2.24, 2.45) is 0 Å². The lowest BCUT2D eigenvalue weighted by Crippen LogP contribution is -2.55. The third-order valence-corrected chi connectivity index (χ3v) is 3.29. The molecule has 1 aliphatic rings. The summed E-state index contributed by atoms with van der Waals surface area (Å²) in [5.74, 6) is -0.356. The van der Waals surface area contributed by atoms with Gasteiger partial charge in [-0.25, -0.2) is 4.98 Å². The predicted molar refractivity (Wildman–Crippen MR) is 71.2 cm³/mol. The number of para-hydroxylation sites is 2. The molecule has 0 atom stereocenters. The molecule has 1 saturated heterocycles. The monoisotopic (exact) mass is 311 g/mol. The second kappa shape index (κ2) is 5.53. The molecule has 1 fully saturated rings.